The molecule has 1 aliphatic heterocycles. The summed E-state index contributed by atoms with van der Waals surface area (Å²) >= 11 is 3.09. The molecule has 0 aliphatic carbocycles. The molecule has 20 heavy (non-hydrogen) atoms. The number of benzene rings is 1. The molecule has 2 amide bonds. The quantitative estimate of drug-likeness (QED) is 0.917. The zero-order valence-corrected chi connectivity index (χ0v) is 12.7. The second-order valence-electron chi connectivity index (χ2n) is 4.75. The van der Waals surface area contributed by atoms with E-state index in [2.05, 4.69) is 21.2 Å². The zero-order chi connectivity index (χ0) is 14.7. The average molecular weight is 343 g/mol. The van der Waals surface area contributed by atoms with Gasteiger partial charge in [-0.2, -0.15) is 0 Å². The van der Waals surface area contributed by atoms with Crippen LogP contribution >= 0.6 is 15.9 Å². The van der Waals surface area contributed by atoms with Gasteiger partial charge in [-0.1, -0.05) is 13.3 Å². The lowest BCUT2D eigenvalue weighted by Gasteiger charge is -2.24. The van der Waals surface area contributed by atoms with E-state index >= 15 is 0 Å². The minimum Gasteiger partial charge on any atom is -0.344 e. The van der Waals surface area contributed by atoms with Crippen LogP contribution in [0.5, 0.6) is 0 Å². The van der Waals surface area contributed by atoms with E-state index in [1.165, 1.54) is 11.0 Å². The molecule has 1 aromatic carbocycles. The molecular weight excluding hydrogens is 327 g/mol. The Hall–Kier alpha value is -1.43. The molecule has 1 aliphatic rings. The molecule has 1 saturated heterocycles. The predicted molar refractivity (Wildman–Crippen MR) is 77.9 cm³/mol. The van der Waals surface area contributed by atoms with Crippen molar-refractivity contribution in [1.82, 2.24) is 5.32 Å². The molecule has 0 bridgehead atoms. The van der Waals surface area contributed by atoms with Gasteiger partial charge in [0.2, 0.25) is 11.8 Å². The number of carbonyl (C=O) groups excluding carboxylic acids is 2. The number of nitrogens with zero attached hydrogens (tertiary/aromatic N) is 1. The van der Waals surface area contributed by atoms with Gasteiger partial charge in [-0.15, -0.1) is 0 Å². The first kappa shape index (κ1) is 15.0. The van der Waals surface area contributed by atoms with Crippen molar-refractivity contribution in [2.45, 2.75) is 32.2 Å². The van der Waals surface area contributed by atoms with Gasteiger partial charge in [0.1, 0.15) is 11.9 Å². The minimum absolute atomic E-state index is 0.142. The van der Waals surface area contributed by atoms with E-state index in [9.17, 15) is 14.0 Å². The maximum atomic E-state index is 13.6. The van der Waals surface area contributed by atoms with Gasteiger partial charge in [0.15, 0.2) is 0 Å². The first-order chi connectivity index (χ1) is 9.52. The predicted octanol–water partition coefficient (Wildman–Crippen LogP) is 2.61. The maximum Gasteiger partial charge on any atom is 0.249 e. The SMILES string of the molecule is CCCC1NC(=O)CCN(c2ccc(Br)c(F)c2)C1=O. The van der Waals surface area contributed by atoms with Crippen LogP contribution in [-0.4, -0.2) is 24.4 Å². The Bertz CT molecular complexity index is 536. The van der Waals surface area contributed by atoms with Gasteiger partial charge >= 0.3 is 0 Å². The monoisotopic (exact) mass is 342 g/mol. The van der Waals surface area contributed by atoms with Crippen molar-refractivity contribution in [2.75, 3.05) is 11.4 Å². The lowest BCUT2D eigenvalue weighted by molar-refractivity contribution is -0.125. The number of anilines is 1. The highest BCUT2D eigenvalue weighted by Gasteiger charge is 2.30. The van der Waals surface area contributed by atoms with Crippen LogP contribution in [0.4, 0.5) is 10.1 Å². The van der Waals surface area contributed by atoms with E-state index in [-0.39, 0.29) is 24.8 Å². The van der Waals surface area contributed by atoms with Crippen LogP contribution in [0, 0.1) is 5.82 Å². The van der Waals surface area contributed by atoms with Crippen LogP contribution < -0.4 is 10.2 Å². The molecule has 0 radical (unpaired) electrons. The summed E-state index contributed by atoms with van der Waals surface area (Å²) in [6, 6.07) is 4.01. The fraction of sp³-hybridized carbons (Fsp3) is 0.429. The number of halogens is 2. The van der Waals surface area contributed by atoms with E-state index in [1.807, 2.05) is 6.92 Å². The van der Waals surface area contributed by atoms with Crippen LogP contribution in [0.1, 0.15) is 26.2 Å². The van der Waals surface area contributed by atoms with E-state index in [0.29, 0.717) is 16.6 Å². The number of rotatable bonds is 3. The van der Waals surface area contributed by atoms with Crippen molar-refractivity contribution in [2.24, 2.45) is 0 Å². The van der Waals surface area contributed by atoms with E-state index < -0.39 is 11.9 Å². The topological polar surface area (TPSA) is 49.4 Å². The summed E-state index contributed by atoms with van der Waals surface area (Å²) in [7, 11) is 0. The first-order valence-electron chi connectivity index (χ1n) is 6.58. The van der Waals surface area contributed by atoms with Crippen molar-refractivity contribution in [3.63, 3.8) is 0 Å². The lowest BCUT2D eigenvalue weighted by atomic mass is 10.1. The molecule has 4 nitrogen and oxygen atoms in total. The second kappa shape index (κ2) is 6.35. The number of nitrogens with one attached hydrogen (secondary N) is 1. The second-order valence-corrected chi connectivity index (χ2v) is 5.60. The molecule has 2 rings (SSSR count). The van der Waals surface area contributed by atoms with Crippen molar-refractivity contribution < 1.29 is 14.0 Å². The highest BCUT2D eigenvalue weighted by atomic mass is 79.9. The molecule has 1 unspecified atom stereocenters. The third-order valence-corrected chi connectivity index (χ3v) is 3.90. The van der Waals surface area contributed by atoms with Crippen LogP contribution in [0.2, 0.25) is 0 Å². The van der Waals surface area contributed by atoms with Crippen LogP contribution in [0.15, 0.2) is 22.7 Å². The van der Waals surface area contributed by atoms with E-state index in [1.54, 1.807) is 12.1 Å². The van der Waals surface area contributed by atoms with Crippen LogP contribution in [0.3, 0.4) is 0 Å². The number of hydrogen-bond acceptors (Lipinski definition) is 2. The zero-order valence-electron chi connectivity index (χ0n) is 11.2. The Morgan fingerprint density at radius 3 is 2.85 bits per heavy atom. The standard InChI is InChI=1S/C14H16BrFN2O2/c1-2-3-12-14(20)18(7-6-13(19)17-12)9-4-5-10(15)11(16)8-9/h4-5,8,12H,2-3,6-7H2,1H3,(H,17,19). The summed E-state index contributed by atoms with van der Waals surface area (Å²) in [6.45, 7) is 2.22. The lowest BCUT2D eigenvalue weighted by Crippen LogP contribution is -2.44. The molecule has 1 atom stereocenters. The number of carbonyl (C=O) groups is 2. The fourth-order valence-corrected chi connectivity index (χ4v) is 2.48. The summed E-state index contributed by atoms with van der Waals surface area (Å²) in [5.41, 5.74) is 0.480. The first-order valence-corrected chi connectivity index (χ1v) is 7.38. The van der Waals surface area contributed by atoms with Gasteiger partial charge in [-0.3, -0.25) is 9.59 Å². The molecule has 108 valence electrons. The number of amides is 2. The molecular formula is C14H16BrFN2O2. The Balaban J connectivity index is 2.30. The molecule has 1 fully saturated rings. The molecule has 6 heteroatoms. The van der Waals surface area contributed by atoms with Crippen molar-refractivity contribution >= 4 is 33.4 Å². The maximum absolute atomic E-state index is 13.6. The van der Waals surface area contributed by atoms with E-state index in [4.69, 9.17) is 0 Å². The summed E-state index contributed by atoms with van der Waals surface area (Å²) in [5.74, 6) is -0.748. The molecule has 1 aromatic rings. The van der Waals surface area contributed by atoms with Gasteiger partial charge in [-0.05, 0) is 40.5 Å². The fourth-order valence-electron chi connectivity index (χ4n) is 2.23. The van der Waals surface area contributed by atoms with Gasteiger partial charge < -0.3 is 10.2 Å². The Labute approximate surface area is 125 Å². The Kier molecular flexibility index (Phi) is 4.75. The summed E-state index contributed by atoms with van der Waals surface area (Å²) in [6.07, 6.45) is 1.60. The van der Waals surface area contributed by atoms with Gasteiger partial charge in [-0.25, -0.2) is 4.39 Å². The highest BCUT2D eigenvalue weighted by Crippen LogP contribution is 2.24. The Morgan fingerprint density at radius 2 is 2.20 bits per heavy atom. The Morgan fingerprint density at radius 1 is 1.45 bits per heavy atom. The molecule has 1 heterocycles. The van der Waals surface area contributed by atoms with Gasteiger partial charge in [0.25, 0.3) is 0 Å². The van der Waals surface area contributed by atoms with Crippen LogP contribution in [-0.2, 0) is 9.59 Å². The van der Waals surface area contributed by atoms with Crippen molar-refractivity contribution in [3.8, 4) is 0 Å². The van der Waals surface area contributed by atoms with Crippen molar-refractivity contribution in [3.05, 3.63) is 28.5 Å². The third kappa shape index (κ3) is 3.17. The largest absolute Gasteiger partial charge is 0.344 e. The molecule has 0 spiro atoms. The van der Waals surface area contributed by atoms with Gasteiger partial charge in [0, 0.05) is 18.7 Å². The normalized spacial score (nSPS) is 19.8. The van der Waals surface area contributed by atoms with Crippen molar-refractivity contribution in [1.29, 1.82) is 0 Å². The van der Waals surface area contributed by atoms with Crippen LogP contribution in [0.25, 0.3) is 0 Å². The summed E-state index contributed by atoms with van der Waals surface area (Å²) in [4.78, 5) is 25.6. The average Bonchev–Trinajstić information content (AvgIpc) is 2.54. The molecule has 0 saturated carbocycles. The minimum atomic E-state index is -0.526. The molecule has 1 N–H and O–H groups in total. The smallest absolute Gasteiger partial charge is 0.249 e. The molecule has 0 aromatic heterocycles. The number of hydrogen-bond donors (Lipinski definition) is 1. The highest BCUT2D eigenvalue weighted by molar-refractivity contribution is 9.10. The summed E-state index contributed by atoms with van der Waals surface area (Å²) < 4.78 is 14.0. The van der Waals surface area contributed by atoms with E-state index in [0.717, 1.165) is 6.42 Å². The van der Waals surface area contributed by atoms with Gasteiger partial charge in [0.05, 0.1) is 4.47 Å². The third-order valence-electron chi connectivity index (χ3n) is 3.25. The summed E-state index contributed by atoms with van der Waals surface area (Å²) in [5, 5.41) is 2.72.